The van der Waals surface area contributed by atoms with Gasteiger partial charge in [-0.3, -0.25) is 0 Å². The third-order valence-corrected chi connectivity index (χ3v) is 4.88. The van der Waals surface area contributed by atoms with Crippen molar-refractivity contribution in [3.05, 3.63) is 29.7 Å². The van der Waals surface area contributed by atoms with E-state index in [9.17, 15) is 5.26 Å². The highest BCUT2D eigenvalue weighted by molar-refractivity contribution is 5.87. The van der Waals surface area contributed by atoms with Crippen LogP contribution in [0.1, 0.15) is 56.8 Å². The van der Waals surface area contributed by atoms with Crippen molar-refractivity contribution in [1.82, 2.24) is 15.3 Å². The molecule has 1 atom stereocenters. The molecule has 5 heteroatoms. The molecule has 1 saturated heterocycles. The van der Waals surface area contributed by atoms with Gasteiger partial charge < -0.3 is 10.6 Å². The number of pyridine rings is 2. The van der Waals surface area contributed by atoms with Gasteiger partial charge in [-0.25, -0.2) is 9.97 Å². The van der Waals surface area contributed by atoms with Crippen LogP contribution < -0.4 is 10.6 Å². The molecular weight excluding hydrogens is 298 g/mol. The van der Waals surface area contributed by atoms with Crippen molar-refractivity contribution in [2.45, 2.75) is 51.5 Å². The molecule has 0 radical (unpaired) electrons. The van der Waals surface area contributed by atoms with E-state index in [1.165, 1.54) is 6.42 Å². The molecule has 2 aromatic rings. The predicted molar refractivity (Wildman–Crippen MR) is 97.1 cm³/mol. The normalized spacial score (nSPS) is 17.8. The van der Waals surface area contributed by atoms with E-state index >= 15 is 0 Å². The van der Waals surface area contributed by atoms with Crippen LogP contribution in [-0.2, 0) is 0 Å². The highest BCUT2D eigenvalue weighted by Gasteiger charge is 2.17. The predicted octanol–water partition coefficient (Wildman–Crippen LogP) is 3.57. The minimum absolute atomic E-state index is 0.368. The summed E-state index contributed by atoms with van der Waals surface area (Å²) in [5.41, 5.74) is 1.50. The van der Waals surface area contributed by atoms with E-state index in [0.717, 1.165) is 54.6 Å². The molecule has 0 amide bonds. The molecule has 1 aliphatic heterocycles. The third-order valence-electron chi connectivity index (χ3n) is 4.88. The molecule has 3 rings (SSSR count). The second kappa shape index (κ2) is 7.59. The van der Waals surface area contributed by atoms with Gasteiger partial charge in [0.05, 0.1) is 5.69 Å². The molecule has 126 valence electrons. The SMILES string of the molecule is CCC(CC)c1nc(C#N)cc2cnc(NC3CCCNC3)cc12. The van der Waals surface area contributed by atoms with Crippen LogP contribution >= 0.6 is 0 Å². The molecule has 0 bridgehead atoms. The number of hydrogen-bond donors (Lipinski definition) is 2. The van der Waals surface area contributed by atoms with Crippen molar-refractivity contribution >= 4 is 16.6 Å². The van der Waals surface area contributed by atoms with E-state index in [1.54, 1.807) is 0 Å². The Labute approximate surface area is 143 Å². The van der Waals surface area contributed by atoms with Crippen LogP contribution in [-0.4, -0.2) is 29.1 Å². The summed E-state index contributed by atoms with van der Waals surface area (Å²) in [7, 11) is 0. The molecule has 1 fully saturated rings. The minimum Gasteiger partial charge on any atom is -0.366 e. The number of anilines is 1. The highest BCUT2D eigenvalue weighted by Crippen LogP contribution is 2.30. The quantitative estimate of drug-likeness (QED) is 0.880. The van der Waals surface area contributed by atoms with Crippen LogP contribution in [0.15, 0.2) is 18.3 Å². The molecule has 1 unspecified atom stereocenters. The summed E-state index contributed by atoms with van der Waals surface area (Å²) in [5, 5.41) is 18.3. The Morgan fingerprint density at radius 2 is 2.21 bits per heavy atom. The first-order valence-corrected chi connectivity index (χ1v) is 8.93. The molecule has 3 heterocycles. The zero-order valence-corrected chi connectivity index (χ0v) is 14.5. The lowest BCUT2D eigenvalue weighted by Crippen LogP contribution is -2.38. The molecule has 2 N–H and O–H groups in total. The van der Waals surface area contributed by atoms with Gasteiger partial charge in [-0.05, 0) is 44.4 Å². The average Bonchev–Trinajstić information content (AvgIpc) is 2.63. The van der Waals surface area contributed by atoms with Gasteiger partial charge in [-0.1, -0.05) is 13.8 Å². The fraction of sp³-hybridized carbons (Fsp3) is 0.526. The van der Waals surface area contributed by atoms with E-state index < -0.39 is 0 Å². The molecule has 0 aromatic carbocycles. The third kappa shape index (κ3) is 3.49. The maximum Gasteiger partial charge on any atom is 0.141 e. The molecule has 1 aliphatic rings. The summed E-state index contributed by atoms with van der Waals surface area (Å²) in [4.78, 5) is 9.17. The van der Waals surface area contributed by atoms with Gasteiger partial charge in [0.2, 0.25) is 0 Å². The van der Waals surface area contributed by atoms with E-state index in [-0.39, 0.29) is 0 Å². The van der Waals surface area contributed by atoms with Crippen LogP contribution in [0, 0.1) is 11.3 Å². The first kappa shape index (κ1) is 16.7. The molecule has 2 aromatic heterocycles. The zero-order valence-electron chi connectivity index (χ0n) is 14.5. The van der Waals surface area contributed by atoms with Gasteiger partial charge in [0.1, 0.15) is 17.6 Å². The van der Waals surface area contributed by atoms with E-state index in [0.29, 0.717) is 17.7 Å². The van der Waals surface area contributed by atoms with E-state index in [4.69, 9.17) is 0 Å². The molecular formula is C19H25N5. The summed E-state index contributed by atoms with van der Waals surface area (Å²) in [6, 6.07) is 6.54. The maximum atomic E-state index is 9.27. The smallest absolute Gasteiger partial charge is 0.141 e. The Morgan fingerprint density at radius 3 is 2.88 bits per heavy atom. The number of piperidine rings is 1. The largest absolute Gasteiger partial charge is 0.366 e. The van der Waals surface area contributed by atoms with Gasteiger partial charge in [0, 0.05) is 35.5 Å². The van der Waals surface area contributed by atoms with Crippen LogP contribution in [0.5, 0.6) is 0 Å². The monoisotopic (exact) mass is 323 g/mol. The fourth-order valence-electron chi connectivity index (χ4n) is 3.48. The number of fused-ring (bicyclic) bond motifs is 1. The standard InChI is InChI=1S/C19H25N5/c1-3-13(4-2)19-17-9-18(23-15-6-5-7-21-12-15)22-11-14(17)8-16(10-20)24-19/h8-9,11,13,15,21H,3-7,12H2,1-2H3,(H,22,23). The fourth-order valence-corrected chi connectivity index (χ4v) is 3.48. The molecule has 5 nitrogen and oxygen atoms in total. The van der Waals surface area contributed by atoms with Gasteiger partial charge >= 0.3 is 0 Å². The summed E-state index contributed by atoms with van der Waals surface area (Å²) >= 11 is 0. The number of hydrogen-bond acceptors (Lipinski definition) is 5. The second-order valence-corrected chi connectivity index (χ2v) is 6.50. The lowest BCUT2D eigenvalue weighted by molar-refractivity contribution is 0.479. The molecule has 0 aliphatic carbocycles. The number of aromatic nitrogens is 2. The average molecular weight is 323 g/mol. The molecule has 24 heavy (non-hydrogen) atoms. The summed E-state index contributed by atoms with van der Waals surface area (Å²) in [5.74, 6) is 1.27. The first-order chi connectivity index (χ1) is 11.7. The van der Waals surface area contributed by atoms with Gasteiger partial charge in [0.25, 0.3) is 0 Å². The van der Waals surface area contributed by atoms with Crippen LogP contribution in [0.2, 0.25) is 0 Å². The number of nitriles is 1. The van der Waals surface area contributed by atoms with Crippen molar-refractivity contribution in [2.75, 3.05) is 18.4 Å². The lowest BCUT2D eigenvalue weighted by atomic mass is 9.94. The second-order valence-electron chi connectivity index (χ2n) is 6.50. The Hall–Kier alpha value is -2.19. The Kier molecular flexibility index (Phi) is 5.27. The van der Waals surface area contributed by atoms with Crippen LogP contribution in [0.4, 0.5) is 5.82 Å². The van der Waals surface area contributed by atoms with E-state index in [2.05, 4.69) is 46.6 Å². The summed E-state index contributed by atoms with van der Waals surface area (Å²) in [6.07, 6.45) is 6.26. The maximum absolute atomic E-state index is 9.27. The van der Waals surface area contributed by atoms with Crippen molar-refractivity contribution in [3.8, 4) is 6.07 Å². The van der Waals surface area contributed by atoms with Gasteiger partial charge in [0.15, 0.2) is 0 Å². The Morgan fingerprint density at radius 1 is 1.38 bits per heavy atom. The van der Waals surface area contributed by atoms with Gasteiger partial charge in [-0.2, -0.15) is 5.26 Å². The lowest BCUT2D eigenvalue weighted by Gasteiger charge is -2.24. The molecule has 0 saturated carbocycles. The highest BCUT2D eigenvalue weighted by atomic mass is 15.1. The van der Waals surface area contributed by atoms with E-state index in [1.807, 2.05) is 12.3 Å². The minimum atomic E-state index is 0.368. The number of nitrogens with one attached hydrogen (secondary N) is 2. The summed E-state index contributed by atoms with van der Waals surface area (Å²) < 4.78 is 0. The summed E-state index contributed by atoms with van der Waals surface area (Å²) in [6.45, 7) is 6.43. The first-order valence-electron chi connectivity index (χ1n) is 8.93. The van der Waals surface area contributed by atoms with Gasteiger partial charge in [-0.15, -0.1) is 0 Å². The Balaban J connectivity index is 2.00. The number of rotatable bonds is 5. The zero-order chi connectivity index (χ0) is 16.9. The van der Waals surface area contributed by atoms with Crippen molar-refractivity contribution in [1.29, 1.82) is 5.26 Å². The number of nitrogens with zero attached hydrogens (tertiary/aromatic N) is 3. The topological polar surface area (TPSA) is 73.6 Å². The van der Waals surface area contributed by atoms with Crippen molar-refractivity contribution in [3.63, 3.8) is 0 Å². The van der Waals surface area contributed by atoms with Crippen LogP contribution in [0.3, 0.4) is 0 Å². The van der Waals surface area contributed by atoms with Crippen molar-refractivity contribution in [2.24, 2.45) is 0 Å². The molecule has 0 spiro atoms. The Bertz CT molecular complexity index is 739. The van der Waals surface area contributed by atoms with Crippen LogP contribution in [0.25, 0.3) is 10.8 Å². The van der Waals surface area contributed by atoms with Crippen molar-refractivity contribution < 1.29 is 0 Å².